The van der Waals surface area contributed by atoms with E-state index in [4.69, 9.17) is 4.74 Å². The fourth-order valence-corrected chi connectivity index (χ4v) is 5.31. The van der Waals surface area contributed by atoms with Gasteiger partial charge in [0.25, 0.3) is 5.56 Å². The highest BCUT2D eigenvalue weighted by Gasteiger charge is 2.19. The maximum absolute atomic E-state index is 13.2. The molecule has 6 rings (SSSR count). The lowest BCUT2D eigenvalue weighted by molar-refractivity contribution is -0.135. The normalized spacial score (nSPS) is 15.4. The molecule has 0 radical (unpaired) electrons. The van der Waals surface area contributed by atoms with E-state index in [9.17, 15) is 9.59 Å². The number of nitrogens with zero attached hydrogens (tertiary/aromatic N) is 4. The van der Waals surface area contributed by atoms with Gasteiger partial charge in [0.05, 0.1) is 28.8 Å². The van der Waals surface area contributed by atoms with Crippen molar-refractivity contribution in [2.24, 2.45) is 0 Å². The zero-order chi connectivity index (χ0) is 21.7. The van der Waals surface area contributed by atoms with E-state index in [1.807, 2.05) is 70.3 Å². The van der Waals surface area contributed by atoms with E-state index < -0.39 is 0 Å². The highest BCUT2D eigenvalue weighted by molar-refractivity contribution is 7.15. The molecule has 1 fully saturated rings. The second-order valence-electron chi connectivity index (χ2n) is 7.86. The Bertz CT molecular complexity index is 1590. The zero-order valence-corrected chi connectivity index (χ0v) is 18.0. The minimum Gasteiger partial charge on any atom is -0.378 e. The van der Waals surface area contributed by atoms with Crippen molar-refractivity contribution in [3.63, 3.8) is 0 Å². The van der Waals surface area contributed by atoms with E-state index in [-0.39, 0.29) is 18.0 Å². The smallest absolute Gasteiger partial charge is 0.274 e. The first-order valence-corrected chi connectivity index (χ1v) is 11.4. The van der Waals surface area contributed by atoms with Gasteiger partial charge in [0.15, 0.2) is 4.96 Å². The van der Waals surface area contributed by atoms with E-state index in [1.165, 1.54) is 11.3 Å². The van der Waals surface area contributed by atoms with Crippen LogP contribution < -0.4 is 10.1 Å². The van der Waals surface area contributed by atoms with Gasteiger partial charge in [0.2, 0.25) is 5.91 Å². The summed E-state index contributed by atoms with van der Waals surface area (Å²) in [6.07, 6.45) is 3.87. The number of carbonyl (C=O) groups is 1. The number of morpholine rings is 1. The fourth-order valence-electron chi connectivity index (χ4n) is 4.33. The number of thiazole rings is 1. The number of carbonyl (C=O) groups excluding carboxylic acids is 1. The van der Waals surface area contributed by atoms with Crippen molar-refractivity contribution in [2.75, 3.05) is 26.3 Å². The first kappa shape index (κ1) is 19.2. The Morgan fingerprint density at radius 1 is 1.06 bits per heavy atom. The molecular formula is C24H20N4O3S. The number of imidazole rings is 1. The van der Waals surface area contributed by atoms with Crippen molar-refractivity contribution in [2.45, 2.75) is 6.54 Å². The zero-order valence-electron chi connectivity index (χ0n) is 17.2. The van der Waals surface area contributed by atoms with E-state index >= 15 is 0 Å². The molecule has 160 valence electrons. The molecule has 1 aliphatic heterocycles. The van der Waals surface area contributed by atoms with E-state index in [0.29, 0.717) is 35.8 Å². The highest BCUT2D eigenvalue weighted by Crippen LogP contribution is 2.23. The van der Waals surface area contributed by atoms with Gasteiger partial charge in [0.1, 0.15) is 6.54 Å². The lowest BCUT2D eigenvalue weighted by Crippen LogP contribution is -2.42. The van der Waals surface area contributed by atoms with Crippen LogP contribution in [0.5, 0.6) is 0 Å². The first-order valence-electron chi connectivity index (χ1n) is 10.5. The number of benzene rings is 2. The van der Waals surface area contributed by atoms with Crippen LogP contribution in [0.15, 0.2) is 59.5 Å². The van der Waals surface area contributed by atoms with Crippen LogP contribution in [0.4, 0.5) is 0 Å². The molecule has 1 saturated heterocycles. The topological polar surface area (TPSA) is 68.8 Å². The van der Waals surface area contributed by atoms with Crippen LogP contribution in [0.1, 0.15) is 5.56 Å². The van der Waals surface area contributed by atoms with E-state index in [1.54, 1.807) is 4.40 Å². The van der Waals surface area contributed by atoms with Gasteiger partial charge in [-0.25, -0.2) is 9.38 Å². The van der Waals surface area contributed by atoms with Gasteiger partial charge < -0.3 is 14.2 Å². The van der Waals surface area contributed by atoms with Crippen molar-refractivity contribution < 1.29 is 9.53 Å². The van der Waals surface area contributed by atoms with Crippen LogP contribution in [-0.2, 0) is 16.1 Å². The number of aromatic nitrogens is 3. The number of fused-ring (bicyclic) bond motifs is 4. The van der Waals surface area contributed by atoms with Gasteiger partial charge in [-0.1, -0.05) is 41.7 Å². The third-order valence-electron chi connectivity index (χ3n) is 5.92. The van der Waals surface area contributed by atoms with Gasteiger partial charge >= 0.3 is 0 Å². The minimum absolute atomic E-state index is 0.0695. The number of para-hydroxylation sites is 3. The summed E-state index contributed by atoms with van der Waals surface area (Å²) in [5.41, 5.74) is 3.46. The Kier molecular flexibility index (Phi) is 4.55. The molecule has 0 atom stereocenters. The van der Waals surface area contributed by atoms with Crippen LogP contribution in [0.3, 0.4) is 0 Å². The summed E-state index contributed by atoms with van der Waals surface area (Å²) in [4.78, 5) is 33.1. The SMILES string of the molecule is O=C(Cn1cc(C=c2sc3nc4ccccc4n3c2=O)c2ccccc21)N1CCOCC1. The van der Waals surface area contributed by atoms with Crippen molar-refractivity contribution in [1.82, 2.24) is 18.9 Å². The fraction of sp³-hybridized carbons (Fsp3) is 0.208. The van der Waals surface area contributed by atoms with Gasteiger partial charge in [-0.15, -0.1) is 0 Å². The molecule has 0 unspecified atom stereocenters. The van der Waals surface area contributed by atoms with Crippen molar-refractivity contribution in [3.05, 3.63) is 75.2 Å². The lowest BCUT2D eigenvalue weighted by atomic mass is 10.2. The molecule has 0 bridgehead atoms. The molecule has 0 aliphatic carbocycles. The quantitative estimate of drug-likeness (QED) is 0.428. The third-order valence-corrected chi connectivity index (χ3v) is 6.89. The molecule has 2 aromatic carbocycles. The lowest BCUT2D eigenvalue weighted by Gasteiger charge is -2.27. The molecule has 32 heavy (non-hydrogen) atoms. The van der Waals surface area contributed by atoms with Crippen LogP contribution >= 0.6 is 11.3 Å². The summed E-state index contributed by atoms with van der Waals surface area (Å²) in [6, 6.07) is 15.6. The Balaban J connectivity index is 1.44. The summed E-state index contributed by atoms with van der Waals surface area (Å²) in [6.45, 7) is 2.67. The molecule has 0 saturated carbocycles. The van der Waals surface area contributed by atoms with Gasteiger partial charge in [0, 0.05) is 35.8 Å². The molecule has 8 heteroatoms. The largest absolute Gasteiger partial charge is 0.378 e. The van der Waals surface area contributed by atoms with Gasteiger partial charge in [-0.2, -0.15) is 0 Å². The van der Waals surface area contributed by atoms with Crippen LogP contribution in [0.2, 0.25) is 0 Å². The Hall–Kier alpha value is -3.49. The Labute approximate surface area is 186 Å². The molecule has 0 spiro atoms. The predicted molar refractivity (Wildman–Crippen MR) is 125 cm³/mol. The summed E-state index contributed by atoms with van der Waals surface area (Å²) in [7, 11) is 0. The maximum atomic E-state index is 13.2. The number of ether oxygens (including phenoxy) is 1. The molecule has 1 amide bonds. The first-order chi connectivity index (χ1) is 15.7. The molecule has 1 aliphatic rings. The van der Waals surface area contributed by atoms with Crippen molar-refractivity contribution in [1.29, 1.82) is 0 Å². The van der Waals surface area contributed by atoms with Crippen LogP contribution in [0.25, 0.3) is 33.0 Å². The Morgan fingerprint density at radius 2 is 1.81 bits per heavy atom. The average Bonchev–Trinajstić information content (AvgIpc) is 3.46. The van der Waals surface area contributed by atoms with Gasteiger partial charge in [-0.3, -0.25) is 9.59 Å². The Morgan fingerprint density at radius 3 is 2.66 bits per heavy atom. The van der Waals surface area contributed by atoms with E-state index in [0.717, 1.165) is 27.5 Å². The molecule has 5 aromatic rings. The second-order valence-corrected chi connectivity index (χ2v) is 8.87. The van der Waals surface area contributed by atoms with Gasteiger partial charge in [-0.05, 0) is 24.3 Å². The number of amides is 1. The van der Waals surface area contributed by atoms with E-state index in [2.05, 4.69) is 4.98 Å². The molecule has 7 nitrogen and oxygen atoms in total. The summed E-state index contributed by atoms with van der Waals surface area (Å²) in [5, 5.41) is 1.01. The molecule has 3 aromatic heterocycles. The number of rotatable bonds is 3. The highest BCUT2D eigenvalue weighted by atomic mass is 32.1. The monoisotopic (exact) mass is 444 g/mol. The summed E-state index contributed by atoms with van der Waals surface area (Å²) >= 11 is 1.38. The van der Waals surface area contributed by atoms with Crippen molar-refractivity contribution in [3.8, 4) is 0 Å². The predicted octanol–water partition coefficient (Wildman–Crippen LogP) is 2.27. The molecular weight excluding hydrogens is 424 g/mol. The maximum Gasteiger partial charge on any atom is 0.274 e. The van der Waals surface area contributed by atoms with Crippen molar-refractivity contribution >= 4 is 50.2 Å². The summed E-state index contributed by atoms with van der Waals surface area (Å²) in [5.74, 6) is 0.0752. The average molecular weight is 445 g/mol. The summed E-state index contributed by atoms with van der Waals surface area (Å²) < 4.78 is 9.62. The third kappa shape index (κ3) is 3.11. The second kappa shape index (κ2) is 7.58. The minimum atomic E-state index is -0.0695. The van der Waals surface area contributed by atoms with Crippen LogP contribution in [0, 0.1) is 0 Å². The number of hydrogen-bond acceptors (Lipinski definition) is 5. The molecule has 0 N–H and O–H groups in total. The number of hydrogen-bond donors (Lipinski definition) is 0. The molecule has 4 heterocycles. The van der Waals surface area contributed by atoms with Crippen LogP contribution in [-0.4, -0.2) is 51.1 Å². The standard InChI is InChI=1S/C24H20N4O3S/c29-22(26-9-11-31-12-10-26)15-27-14-16(17-5-1-3-7-19(17)27)13-21-23(30)28-20-8-4-2-6-18(20)25-24(28)32-21/h1-8,13-14H,9-12,15H2.